The monoisotopic (exact) mass is 567 g/mol. The molecular weight excluding hydrogens is 540 g/mol. The van der Waals surface area contributed by atoms with Gasteiger partial charge >= 0.3 is 18.0 Å². The molecule has 2 aromatic heterocycles. The molecule has 16 heteroatoms. The molecule has 2 aromatic rings. The fourth-order valence-electron chi connectivity index (χ4n) is 2.90. The van der Waals surface area contributed by atoms with Crippen molar-refractivity contribution in [2.24, 2.45) is 12.8 Å². The maximum absolute atomic E-state index is 13.5. The predicted molar refractivity (Wildman–Crippen MR) is 127 cm³/mol. The van der Waals surface area contributed by atoms with Gasteiger partial charge in [-0.1, -0.05) is 23.4 Å². The van der Waals surface area contributed by atoms with Crippen LogP contribution in [-0.4, -0.2) is 55.0 Å². The van der Waals surface area contributed by atoms with Crippen molar-refractivity contribution in [2.45, 2.75) is 69.1 Å². The molecule has 0 saturated heterocycles. The van der Waals surface area contributed by atoms with Crippen LogP contribution in [0.3, 0.4) is 0 Å². The SMILES string of the molecule is CC(C)=CCn1c(SC(C)(C)CN)nc2c1c(=O)n(CCOC(F)(F)C(F)C(F)(F)F)c(=O)n2C.Cl. The summed E-state index contributed by atoms with van der Waals surface area (Å²) in [5, 5.41) is 0.381. The second-order valence-electron chi connectivity index (χ2n) is 8.64. The summed E-state index contributed by atoms with van der Waals surface area (Å²) in [6.45, 7) is 5.78. The third kappa shape index (κ3) is 7.07. The normalized spacial score (nSPS) is 13.6. The van der Waals surface area contributed by atoms with Crippen LogP contribution in [0.15, 0.2) is 26.4 Å². The second-order valence-corrected chi connectivity index (χ2v) is 10.3. The molecule has 8 nitrogen and oxygen atoms in total. The first kappa shape index (κ1) is 32.1. The molecule has 0 aliphatic carbocycles. The maximum Gasteiger partial charge on any atom is 0.428 e. The molecule has 0 spiro atoms. The molecule has 0 fully saturated rings. The van der Waals surface area contributed by atoms with Crippen LogP contribution < -0.4 is 17.0 Å². The van der Waals surface area contributed by atoms with Gasteiger partial charge in [0.1, 0.15) is 0 Å². The second kappa shape index (κ2) is 11.6. The number of nitrogens with zero attached hydrogens (tertiary/aromatic N) is 4. The topological polar surface area (TPSA) is 97.1 Å². The predicted octanol–water partition coefficient (Wildman–Crippen LogP) is 3.62. The van der Waals surface area contributed by atoms with E-state index in [1.165, 1.54) is 18.8 Å². The Morgan fingerprint density at radius 1 is 1.17 bits per heavy atom. The van der Waals surface area contributed by atoms with Crippen LogP contribution in [0.5, 0.6) is 0 Å². The molecule has 0 bridgehead atoms. The van der Waals surface area contributed by atoms with Gasteiger partial charge in [0, 0.05) is 24.9 Å². The highest BCUT2D eigenvalue weighted by molar-refractivity contribution is 8.00. The number of hydrogen-bond donors (Lipinski definition) is 1. The highest BCUT2D eigenvalue weighted by Crippen LogP contribution is 2.35. The van der Waals surface area contributed by atoms with Crippen LogP contribution in [0, 0.1) is 0 Å². The summed E-state index contributed by atoms with van der Waals surface area (Å²) < 4.78 is 83.3. The van der Waals surface area contributed by atoms with Crippen molar-refractivity contribution in [3.63, 3.8) is 0 Å². The Hall–Kier alpha value is -1.97. The average molecular weight is 568 g/mol. The molecule has 0 amide bonds. The van der Waals surface area contributed by atoms with Gasteiger partial charge in [0.15, 0.2) is 16.3 Å². The van der Waals surface area contributed by atoms with Crippen molar-refractivity contribution in [1.29, 1.82) is 0 Å². The van der Waals surface area contributed by atoms with Gasteiger partial charge in [0.25, 0.3) is 11.7 Å². The van der Waals surface area contributed by atoms with Crippen LogP contribution in [0.1, 0.15) is 27.7 Å². The Bertz CT molecular complexity index is 1220. The number of alkyl halides is 6. The van der Waals surface area contributed by atoms with E-state index in [-0.39, 0.29) is 36.7 Å². The number of rotatable bonds is 10. The summed E-state index contributed by atoms with van der Waals surface area (Å²) in [6.07, 6.45) is -13.8. The van der Waals surface area contributed by atoms with E-state index in [0.717, 1.165) is 10.1 Å². The number of nitrogens with two attached hydrogens (primary N) is 1. The molecule has 1 atom stereocenters. The number of aromatic nitrogens is 4. The first-order valence-electron chi connectivity index (χ1n) is 10.4. The van der Waals surface area contributed by atoms with E-state index in [0.29, 0.717) is 9.72 Å². The van der Waals surface area contributed by atoms with Crippen LogP contribution >= 0.6 is 24.2 Å². The van der Waals surface area contributed by atoms with Gasteiger partial charge in [0.2, 0.25) is 0 Å². The van der Waals surface area contributed by atoms with Crippen molar-refractivity contribution < 1.29 is 31.1 Å². The minimum absolute atomic E-state index is 0. The van der Waals surface area contributed by atoms with Gasteiger partial charge in [-0.05, 0) is 27.7 Å². The molecular formula is C20H28ClF6N5O3S. The molecule has 0 aliphatic heterocycles. The Morgan fingerprint density at radius 3 is 2.25 bits per heavy atom. The number of thioether (sulfide) groups is 1. The number of ether oxygens (including phenoxy) is 1. The molecule has 2 heterocycles. The molecule has 2 N–H and O–H groups in total. The standard InChI is InChI=1S/C20H27F6N5O3S.ClH/c1-11(2)6-7-30-12-13(28-16(30)35-18(3,4)10-27)29(5)17(33)31(14(12)32)8-9-34-20(25,26)15(21)19(22,23)24;/h6,15H,7-10,27H2,1-5H3;1H. The molecule has 2 rings (SSSR count). The van der Waals surface area contributed by atoms with E-state index in [2.05, 4.69) is 9.72 Å². The van der Waals surface area contributed by atoms with Crippen LogP contribution in [0.25, 0.3) is 11.2 Å². The largest absolute Gasteiger partial charge is 0.428 e. The quantitative estimate of drug-likeness (QED) is 0.268. The van der Waals surface area contributed by atoms with Crippen LogP contribution in [-0.2, 0) is 24.9 Å². The molecule has 36 heavy (non-hydrogen) atoms. The molecule has 0 aliphatic rings. The highest BCUT2D eigenvalue weighted by Gasteiger charge is 2.58. The first-order valence-corrected chi connectivity index (χ1v) is 11.2. The molecule has 0 saturated carbocycles. The van der Waals surface area contributed by atoms with Crippen molar-refractivity contribution in [1.82, 2.24) is 18.7 Å². The number of hydrogen-bond acceptors (Lipinski definition) is 6. The van der Waals surface area contributed by atoms with Gasteiger partial charge in [0.05, 0.1) is 13.2 Å². The molecule has 0 radical (unpaired) electrons. The maximum atomic E-state index is 13.5. The highest BCUT2D eigenvalue weighted by atomic mass is 35.5. The van der Waals surface area contributed by atoms with Crippen molar-refractivity contribution in [3.8, 4) is 0 Å². The number of fused-ring (bicyclic) bond motifs is 1. The first-order chi connectivity index (χ1) is 15.9. The number of imidazole rings is 1. The Morgan fingerprint density at radius 2 is 1.75 bits per heavy atom. The minimum Gasteiger partial charge on any atom is -0.329 e. The fraction of sp³-hybridized carbons (Fsp3) is 0.650. The van der Waals surface area contributed by atoms with E-state index in [9.17, 15) is 35.9 Å². The van der Waals surface area contributed by atoms with Gasteiger partial charge in [-0.3, -0.25) is 13.9 Å². The summed E-state index contributed by atoms with van der Waals surface area (Å²) in [7, 11) is 1.30. The Balaban J connectivity index is 0.00000648. The lowest BCUT2D eigenvalue weighted by molar-refractivity contribution is -0.336. The van der Waals surface area contributed by atoms with Gasteiger partial charge < -0.3 is 15.0 Å². The van der Waals surface area contributed by atoms with Crippen LogP contribution in [0.4, 0.5) is 26.3 Å². The Kier molecular flexibility index (Phi) is 10.3. The van der Waals surface area contributed by atoms with Crippen molar-refractivity contribution >= 4 is 35.3 Å². The smallest absolute Gasteiger partial charge is 0.329 e. The van der Waals surface area contributed by atoms with E-state index in [1.807, 2.05) is 27.7 Å². The van der Waals surface area contributed by atoms with E-state index in [4.69, 9.17) is 5.73 Å². The molecule has 206 valence electrons. The minimum atomic E-state index is -5.85. The number of allylic oxidation sites excluding steroid dienone is 2. The third-order valence-corrected chi connectivity index (χ3v) is 6.14. The Labute approximate surface area is 212 Å². The van der Waals surface area contributed by atoms with Gasteiger partial charge in [-0.15, -0.1) is 12.4 Å². The third-order valence-electron chi connectivity index (χ3n) is 4.93. The zero-order valence-corrected chi connectivity index (χ0v) is 21.8. The fourth-order valence-corrected chi connectivity index (χ4v) is 3.88. The summed E-state index contributed by atoms with van der Waals surface area (Å²) in [5.41, 5.74) is 4.87. The number of aryl methyl sites for hydroxylation is 1. The summed E-state index contributed by atoms with van der Waals surface area (Å²) in [5.74, 6) is 0. The van der Waals surface area contributed by atoms with E-state index < -0.39 is 47.6 Å². The van der Waals surface area contributed by atoms with Gasteiger partial charge in [-0.2, -0.15) is 22.0 Å². The van der Waals surface area contributed by atoms with E-state index in [1.54, 1.807) is 10.6 Å². The lowest BCUT2D eigenvalue weighted by atomic mass is 10.2. The lowest BCUT2D eigenvalue weighted by Gasteiger charge is -2.22. The van der Waals surface area contributed by atoms with Crippen molar-refractivity contribution in [3.05, 3.63) is 32.5 Å². The lowest BCUT2D eigenvalue weighted by Crippen LogP contribution is -2.45. The van der Waals surface area contributed by atoms with Crippen molar-refractivity contribution in [2.75, 3.05) is 13.2 Å². The molecule has 0 aromatic carbocycles. The number of halogens is 7. The summed E-state index contributed by atoms with van der Waals surface area (Å²) in [6, 6.07) is 0. The van der Waals surface area contributed by atoms with Crippen LogP contribution in [0.2, 0.25) is 0 Å². The zero-order valence-electron chi connectivity index (χ0n) is 20.2. The average Bonchev–Trinajstić information content (AvgIpc) is 3.09. The zero-order chi connectivity index (χ0) is 26.9. The van der Waals surface area contributed by atoms with E-state index >= 15 is 0 Å². The molecule has 1 unspecified atom stereocenters. The summed E-state index contributed by atoms with van der Waals surface area (Å²) >= 11 is 1.27. The summed E-state index contributed by atoms with van der Waals surface area (Å²) in [4.78, 5) is 30.3. The van der Waals surface area contributed by atoms with Gasteiger partial charge in [-0.25, -0.2) is 14.2 Å².